The number of halogens is 1. The molecule has 0 aliphatic heterocycles. The highest BCUT2D eigenvalue weighted by Crippen LogP contribution is 2.27. The molecule has 0 saturated carbocycles. The summed E-state index contributed by atoms with van der Waals surface area (Å²) in [6.45, 7) is 8.55. The molecule has 0 amide bonds. The molecular weight excluding hydrogens is 522 g/mol. The Balaban J connectivity index is 1.39. The van der Waals surface area contributed by atoms with Crippen LogP contribution in [-0.2, 0) is 6.42 Å². The van der Waals surface area contributed by atoms with E-state index in [1.165, 1.54) is 5.56 Å². The Labute approximate surface area is 242 Å². The summed E-state index contributed by atoms with van der Waals surface area (Å²) in [4.78, 5) is 13.8. The van der Waals surface area contributed by atoms with Crippen LogP contribution in [0.5, 0.6) is 11.5 Å². The maximum absolute atomic E-state index is 5.97. The van der Waals surface area contributed by atoms with Gasteiger partial charge in [0.2, 0.25) is 5.95 Å². The van der Waals surface area contributed by atoms with Gasteiger partial charge in [-0.2, -0.15) is 4.98 Å². The minimum absolute atomic E-state index is 0.527. The van der Waals surface area contributed by atoms with Gasteiger partial charge in [0, 0.05) is 49.4 Å². The SMILES string of the molecule is CCN(CC)CCOc1ccc(Nc2nc(-c3ccc(OCCc4ccc(Cl)cc4)cc3)cc(N(C)C)n2)cc1. The number of hydrogen-bond acceptors (Lipinski definition) is 7. The first-order valence-electron chi connectivity index (χ1n) is 13.7. The van der Waals surface area contributed by atoms with Crippen molar-refractivity contribution in [3.05, 3.63) is 89.4 Å². The standard InChI is InChI=1S/C32H38ClN5O2/c1-5-38(6-2)20-22-40-29-17-13-27(14-18-29)34-32-35-30(23-31(36-32)37(3)4)25-9-15-28(16-10-25)39-21-19-24-7-11-26(33)12-8-24/h7-18,23H,5-6,19-22H2,1-4H3,(H,34,35,36). The van der Waals surface area contributed by atoms with Crippen LogP contribution in [0.2, 0.25) is 5.02 Å². The average Bonchev–Trinajstić information content (AvgIpc) is 2.97. The fraction of sp³-hybridized carbons (Fsp3) is 0.312. The molecular formula is C32H38ClN5O2. The Morgan fingerprint density at radius 3 is 2.02 bits per heavy atom. The molecule has 0 radical (unpaired) electrons. The molecule has 3 aromatic carbocycles. The Bertz CT molecular complexity index is 1330. The molecule has 0 bridgehead atoms. The van der Waals surface area contributed by atoms with Crippen LogP contribution >= 0.6 is 11.6 Å². The number of ether oxygens (including phenoxy) is 2. The van der Waals surface area contributed by atoms with Gasteiger partial charge in [-0.15, -0.1) is 0 Å². The van der Waals surface area contributed by atoms with E-state index >= 15 is 0 Å². The molecule has 7 nitrogen and oxygen atoms in total. The van der Waals surface area contributed by atoms with Crippen LogP contribution in [0.15, 0.2) is 78.9 Å². The van der Waals surface area contributed by atoms with E-state index in [-0.39, 0.29) is 0 Å². The molecule has 0 unspecified atom stereocenters. The van der Waals surface area contributed by atoms with Gasteiger partial charge in [-0.25, -0.2) is 4.98 Å². The number of nitrogens with one attached hydrogen (secondary N) is 1. The Hall–Kier alpha value is -3.81. The molecule has 1 heterocycles. The zero-order chi connectivity index (χ0) is 28.3. The van der Waals surface area contributed by atoms with Crippen LogP contribution in [-0.4, -0.2) is 61.8 Å². The van der Waals surface area contributed by atoms with Crippen LogP contribution in [0.3, 0.4) is 0 Å². The van der Waals surface area contributed by atoms with Gasteiger partial charge < -0.3 is 24.6 Å². The van der Waals surface area contributed by atoms with Crippen molar-refractivity contribution in [2.24, 2.45) is 0 Å². The third kappa shape index (κ3) is 8.60. The van der Waals surface area contributed by atoms with Crippen molar-refractivity contribution >= 4 is 29.1 Å². The van der Waals surface area contributed by atoms with Crippen LogP contribution in [0.25, 0.3) is 11.3 Å². The number of nitrogens with zero attached hydrogens (tertiary/aromatic N) is 4. The Morgan fingerprint density at radius 2 is 1.40 bits per heavy atom. The predicted octanol–water partition coefficient (Wildman–Crippen LogP) is 6.95. The molecule has 4 aromatic rings. The molecule has 210 valence electrons. The molecule has 0 atom stereocenters. The Morgan fingerprint density at radius 1 is 0.775 bits per heavy atom. The Kier molecular flexibility index (Phi) is 10.6. The normalized spacial score (nSPS) is 10.9. The molecule has 8 heteroatoms. The van der Waals surface area contributed by atoms with Crippen LogP contribution in [0.1, 0.15) is 19.4 Å². The molecule has 0 aliphatic carbocycles. The van der Waals surface area contributed by atoms with Gasteiger partial charge >= 0.3 is 0 Å². The molecule has 4 rings (SSSR count). The van der Waals surface area contributed by atoms with Crippen molar-refractivity contribution in [3.8, 4) is 22.8 Å². The van der Waals surface area contributed by atoms with Gasteiger partial charge in [0.25, 0.3) is 0 Å². The minimum Gasteiger partial charge on any atom is -0.493 e. The molecule has 1 N–H and O–H groups in total. The second kappa shape index (κ2) is 14.5. The fourth-order valence-corrected chi connectivity index (χ4v) is 4.25. The summed E-state index contributed by atoms with van der Waals surface area (Å²) in [7, 11) is 3.94. The van der Waals surface area contributed by atoms with Crippen molar-refractivity contribution in [1.29, 1.82) is 0 Å². The van der Waals surface area contributed by atoms with Gasteiger partial charge in [0.1, 0.15) is 23.9 Å². The number of anilines is 3. The second-order valence-corrected chi connectivity index (χ2v) is 10.0. The first-order chi connectivity index (χ1) is 19.4. The third-order valence-electron chi connectivity index (χ3n) is 6.57. The second-order valence-electron chi connectivity index (χ2n) is 9.60. The average molecular weight is 560 g/mol. The summed E-state index contributed by atoms with van der Waals surface area (Å²) in [5.41, 5.74) is 3.89. The van der Waals surface area contributed by atoms with Gasteiger partial charge in [0.15, 0.2) is 0 Å². The highest BCUT2D eigenvalue weighted by Gasteiger charge is 2.10. The summed E-state index contributed by atoms with van der Waals surface area (Å²) < 4.78 is 11.9. The van der Waals surface area contributed by atoms with Crippen LogP contribution in [0.4, 0.5) is 17.5 Å². The number of benzene rings is 3. The number of hydrogen-bond donors (Lipinski definition) is 1. The summed E-state index contributed by atoms with van der Waals surface area (Å²) in [5, 5.41) is 4.08. The number of aromatic nitrogens is 2. The third-order valence-corrected chi connectivity index (χ3v) is 6.83. The lowest BCUT2D eigenvalue weighted by Crippen LogP contribution is -2.27. The molecule has 40 heavy (non-hydrogen) atoms. The monoisotopic (exact) mass is 559 g/mol. The molecule has 0 spiro atoms. The van der Waals surface area contributed by atoms with E-state index in [1.54, 1.807) is 0 Å². The largest absolute Gasteiger partial charge is 0.493 e. The summed E-state index contributed by atoms with van der Waals surface area (Å²) >= 11 is 5.97. The van der Waals surface area contributed by atoms with Gasteiger partial charge in [0.05, 0.1) is 12.3 Å². The predicted molar refractivity (Wildman–Crippen MR) is 165 cm³/mol. The van der Waals surface area contributed by atoms with Gasteiger partial charge in [-0.1, -0.05) is 37.6 Å². The fourth-order valence-electron chi connectivity index (χ4n) is 4.12. The summed E-state index contributed by atoms with van der Waals surface area (Å²) in [5.74, 6) is 3.00. The van der Waals surface area contributed by atoms with E-state index in [9.17, 15) is 0 Å². The maximum Gasteiger partial charge on any atom is 0.229 e. The molecule has 1 aromatic heterocycles. The van der Waals surface area contributed by atoms with Crippen molar-refractivity contribution in [3.63, 3.8) is 0 Å². The quantitative estimate of drug-likeness (QED) is 0.179. The lowest BCUT2D eigenvalue weighted by atomic mass is 10.1. The van der Waals surface area contributed by atoms with Gasteiger partial charge in [-0.3, -0.25) is 0 Å². The van der Waals surface area contributed by atoms with Gasteiger partial charge in [-0.05, 0) is 79.3 Å². The molecule has 0 fully saturated rings. The van der Waals surface area contributed by atoms with Crippen molar-refractivity contribution in [2.75, 3.05) is 57.2 Å². The lowest BCUT2D eigenvalue weighted by molar-refractivity contribution is 0.223. The zero-order valence-electron chi connectivity index (χ0n) is 23.7. The lowest BCUT2D eigenvalue weighted by Gasteiger charge is -2.18. The van der Waals surface area contributed by atoms with E-state index in [1.807, 2.05) is 97.9 Å². The number of likely N-dealkylation sites (N-methyl/N-ethyl adjacent to an activating group) is 1. The maximum atomic E-state index is 5.97. The van der Waals surface area contributed by atoms with E-state index in [4.69, 9.17) is 31.0 Å². The van der Waals surface area contributed by atoms with E-state index in [0.29, 0.717) is 19.2 Å². The minimum atomic E-state index is 0.527. The topological polar surface area (TPSA) is 62.8 Å². The van der Waals surface area contributed by atoms with E-state index in [0.717, 1.165) is 65.3 Å². The highest BCUT2D eigenvalue weighted by atomic mass is 35.5. The smallest absolute Gasteiger partial charge is 0.229 e. The molecule has 0 aliphatic rings. The first kappa shape index (κ1) is 29.2. The van der Waals surface area contributed by atoms with Crippen molar-refractivity contribution in [2.45, 2.75) is 20.3 Å². The molecule has 0 saturated heterocycles. The number of rotatable bonds is 14. The zero-order valence-corrected chi connectivity index (χ0v) is 24.5. The first-order valence-corrected chi connectivity index (χ1v) is 14.1. The van der Waals surface area contributed by atoms with E-state index in [2.05, 4.69) is 24.1 Å². The van der Waals surface area contributed by atoms with Crippen molar-refractivity contribution < 1.29 is 9.47 Å². The van der Waals surface area contributed by atoms with Crippen LogP contribution < -0.4 is 19.7 Å². The highest BCUT2D eigenvalue weighted by molar-refractivity contribution is 6.30. The van der Waals surface area contributed by atoms with Crippen molar-refractivity contribution in [1.82, 2.24) is 14.9 Å². The summed E-state index contributed by atoms with van der Waals surface area (Å²) in [6.07, 6.45) is 0.815. The van der Waals surface area contributed by atoms with Crippen LogP contribution in [0, 0.1) is 0 Å². The summed E-state index contributed by atoms with van der Waals surface area (Å²) in [6, 6.07) is 25.7. The van der Waals surface area contributed by atoms with E-state index < -0.39 is 0 Å².